The maximum Gasteiger partial charge on any atom is 0.356 e. The van der Waals surface area contributed by atoms with E-state index in [1.807, 2.05) is 25.1 Å². The molecule has 2 rings (SSSR count). The number of rotatable bonds is 4. The summed E-state index contributed by atoms with van der Waals surface area (Å²) < 4.78 is 7.12. The predicted octanol–water partition coefficient (Wildman–Crippen LogP) is 2.26. The van der Waals surface area contributed by atoms with Crippen LogP contribution in [-0.4, -0.2) is 27.7 Å². The first-order valence-electron chi connectivity index (χ1n) is 5.92. The molecule has 0 saturated carbocycles. The number of hydrogen-bond acceptors (Lipinski definition) is 3. The molecule has 1 N–H and O–H groups in total. The number of carbonyl (C=O) groups is 1. The SMILES string of the molecule is COc1ccc(C)cc1Cn1cc(C(=O)O)nc1C. The van der Waals surface area contributed by atoms with Gasteiger partial charge in [0.25, 0.3) is 0 Å². The monoisotopic (exact) mass is 260 g/mol. The highest BCUT2D eigenvalue weighted by atomic mass is 16.5. The molecule has 0 aliphatic rings. The van der Waals surface area contributed by atoms with Crippen molar-refractivity contribution in [2.24, 2.45) is 0 Å². The van der Waals surface area contributed by atoms with E-state index in [-0.39, 0.29) is 5.69 Å². The lowest BCUT2D eigenvalue weighted by Crippen LogP contribution is -2.03. The van der Waals surface area contributed by atoms with Gasteiger partial charge >= 0.3 is 5.97 Å². The molecule has 100 valence electrons. The second-order valence-electron chi connectivity index (χ2n) is 4.42. The average molecular weight is 260 g/mol. The summed E-state index contributed by atoms with van der Waals surface area (Å²) in [6, 6.07) is 5.92. The summed E-state index contributed by atoms with van der Waals surface area (Å²) >= 11 is 0. The molecule has 0 atom stereocenters. The van der Waals surface area contributed by atoms with Crippen molar-refractivity contribution in [3.05, 3.63) is 47.0 Å². The van der Waals surface area contributed by atoms with Gasteiger partial charge in [0.2, 0.25) is 0 Å². The predicted molar refractivity (Wildman–Crippen MR) is 70.8 cm³/mol. The van der Waals surface area contributed by atoms with Gasteiger partial charge in [-0.1, -0.05) is 17.7 Å². The van der Waals surface area contributed by atoms with Gasteiger partial charge in [0.1, 0.15) is 11.6 Å². The maximum absolute atomic E-state index is 10.9. The van der Waals surface area contributed by atoms with Crippen molar-refractivity contribution in [3.63, 3.8) is 0 Å². The summed E-state index contributed by atoms with van der Waals surface area (Å²) in [4.78, 5) is 14.9. The third kappa shape index (κ3) is 2.76. The second-order valence-corrected chi connectivity index (χ2v) is 4.42. The van der Waals surface area contributed by atoms with Gasteiger partial charge in [-0.25, -0.2) is 9.78 Å². The molecular weight excluding hydrogens is 244 g/mol. The number of ether oxygens (including phenoxy) is 1. The minimum absolute atomic E-state index is 0.0594. The zero-order chi connectivity index (χ0) is 14.0. The van der Waals surface area contributed by atoms with Gasteiger partial charge in [0.05, 0.1) is 13.7 Å². The highest BCUT2D eigenvalue weighted by molar-refractivity contribution is 5.85. The highest BCUT2D eigenvalue weighted by Gasteiger charge is 2.12. The van der Waals surface area contributed by atoms with E-state index >= 15 is 0 Å². The fraction of sp³-hybridized carbons (Fsp3) is 0.286. The van der Waals surface area contributed by atoms with Crippen molar-refractivity contribution in [2.75, 3.05) is 7.11 Å². The van der Waals surface area contributed by atoms with Gasteiger partial charge < -0.3 is 14.4 Å². The summed E-state index contributed by atoms with van der Waals surface area (Å²) in [5.74, 6) is 0.439. The van der Waals surface area contributed by atoms with E-state index in [4.69, 9.17) is 9.84 Å². The van der Waals surface area contributed by atoms with Crippen LogP contribution in [0.25, 0.3) is 0 Å². The molecule has 0 fully saturated rings. The molecule has 19 heavy (non-hydrogen) atoms. The largest absolute Gasteiger partial charge is 0.496 e. The van der Waals surface area contributed by atoms with Crippen LogP contribution in [0.4, 0.5) is 0 Å². The van der Waals surface area contributed by atoms with E-state index < -0.39 is 5.97 Å². The molecule has 0 bridgehead atoms. The minimum atomic E-state index is -1.02. The number of aryl methyl sites for hydroxylation is 2. The van der Waals surface area contributed by atoms with E-state index in [1.165, 1.54) is 0 Å². The summed E-state index contributed by atoms with van der Waals surface area (Å²) in [6.45, 7) is 4.33. The number of aromatic nitrogens is 2. The average Bonchev–Trinajstić information content (AvgIpc) is 2.72. The fourth-order valence-corrected chi connectivity index (χ4v) is 1.99. The van der Waals surface area contributed by atoms with Gasteiger partial charge in [0.15, 0.2) is 5.69 Å². The Hall–Kier alpha value is -2.30. The van der Waals surface area contributed by atoms with Crippen molar-refractivity contribution in [1.29, 1.82) is 0 Å². The molecule has 2 aromatic rings. The Kier molecular flexibility index (Phi) is 3.55. The van der Waals surface area contributed by atoms with Crippen molar-refractivity contribution < 1.29 is 14.6 Å². The smallest absolute Gasteiger partial charge is 0.356 e. The van der Waals surface area contributed by atoms with Crippen molar-refractivity contribution in [1.82, 2.24) is 9.55 Å². The van der Waals surface area contributed by atoms with Crippen LogP contribution in [0.5, 0.6) is 5.75 Å². The van der Waals surface area contributed by atoms with Gasteiger partial charge in [0, 0.05) is 11.8 Å². The third-order valence-electron chi connectivity index (χ3n) is 2.97. The van der Waals surface area contributed by atoms with E-state index in [1.54, 1.807) is 24.8 Å². The second kappa shape index (κ2) is 5.14. The molecule has 1 aromatic carbocycles. The number of carboxylic acids is 1. The van der Waals surface area contributed by atoms with E-state index in [9.17, 15) is 4.79 Å². The van der Waals surface area contributed by atoms with Crippen LogP contribution in [0.3, 0.4) is 0 Å². The standard InChI is InChI=1S/C14H16N2O3/c1-9-4-5-13(19-3)11(6-9)7-16-8-12(14(17)18)15-10(16)2/h4-6,8H,7H2,1-3H3,(H,17,18). The van der Waals surface area contributed by atoms with Crippen molar-refractivity contribution in [3.8, 4) is 5.75 Å². The molecule has 0 amide bonds. The number of carboxylic acid groups (broad SMARTS) is 1. The molecule has 0 saturated heterocycles. The maximum atomic E-state index is 10.9. The summed E-state index contributed by atoms with van der Waals surface area (Å²) in [5, 5.41) is 8.93. The Bertz CT molecular complexity index is 617. The van der Waals surface area contributed by atoms with Crippen molar-refractivity contribution >= 4 is 5.97 Å². The number of hydrogen-bond donors (Lipinski definition) is 1. The Labute approximate surface area is 111 Å². The third-order valence-corrected chi connectivity index (χ3v) is 2.97. The molecule has 5 nitrogen and oxygen atoms in total. The lowest BCUT2D eigenvalue weighted by Gasteiger charge is -2.11. The first kappa shape index (κ1) is 13.1. The van der Waals surface area contributed by atoms with Crippen molar-refractivity contribution in [2.45, 2.75) is 20.4 Å². The summed E-state index contributed by atoms with van der Waals surface area (Å²) in [6.07, 6.45) is 1.54. The lowest BCUT2D eigenvalue weighted by atomic mass is 10.1. The van der Waals surface area contributed by atoms with Gasteiger partial charge in [-0.2, -0.15) is 0 Å². The molecule has 0 spiro atoms. The molecule has 0 radical (unpaired) electrons. The Balaban J connectivity index is 2.35. The molecule has 0 aliphatic carbocycles. The van der Waals surface area contributed by atoms with Gasteiger partial charge in [-0.3, -0.25) is 0 Å². The fourth-order valence-electron chi connectivity index (χ4n) is 1.99. The van der Waals surface area contributed by atoms with Crippen LogP contribution < -0.4 is 4.74 Å². The molecule has 1 aromatic heterocycles. The molecular formula is C14H16N2O3. The normalized spacial score (nSPS) is 10.5. The molecule has 0 aliphatic heterocycles. The first-order valence-corrected chi connectivity index (χ1v) is 5.92. The highest BCUT2D eigenvalue weighted by Crippen LogP contribution is 2.21. The number of imidazole rings is 1. The summed E-state index contributed by atoms with van der Waals surface area (Å²) in [5.41, 5.74) is 2.19. The Morgan fingerprint density at radius 3 is 2.74 bits per heavy atom. The van der Waals surface area contributed by atoms with Crippen LogP contribution in [0.2, 0.25) is 0 Å². The molecule has 5 heteroatoms. The molecule has 0 unspecified atom stereocenters. The summed E-state index contributed by atoms with van der Waals surface area (Å²) in [7, 11) is 1.62. The number of nitrogens with zero attached hydrogens (tertiary/aromatic N) is 2. The number of aromatic carboxylic acids is 1. The van der Waals surface area contributed by atoms with Crippen LogP contribution in [0.15, 0.2) is 24.4 Å². The minimum Gasteiger partial charge on any atom is -0.496 e. The van der Waals surface area contributed by atoms with Crippen LogP contribution in [-0.2, 0) is 6.54 Å². The Morgan fingerprint density at radius 1 is 1.42 bits per heavy atom. The zero-order valence-electron chi connectivity index (χ0n) is 11.2. The topological polar surface area (TPSA) is 64.3 Å². The van der Waals surface area contributed by atoms with Gasteiger partial charge in [-0.15, -0.1) is 0 Å². The number of benzene rings is 1. The zero-order valence-corrected chi connectivity index (χ0v) is 11.2. The number of methoxy groups -OCH3 is 1. The Morgan fingerprint density at radius 2 is 2.16 bits per heavy atom. The van der Waals surface area contributed by atoms with E-state index in [0.29, 0.717) is 12.4 Å². The van der Waals surface area contributed by atoms with Crippen LogP contribution in [0, 0.1) is 13.8 Å². The first-order chi connectivity index (χ1) is 9.01. The molecule has 1 heterocycles. The lowest BCUT2D eigenvalue weighted by molar-refractivity contribution is 0.0691. The van der Waals surface area contributed by atoms with E-state index in [0.717, 1.165) is 16.9 Å². The van der Waals surface area contributed by atoms with Crippen LogP contribution in [0.1, 0.15) is 27.4 Å². The quantitative estimate of drug-likeness (QED) is 0.915. The van der Waals surface area contributed by atoms with E-state index in [2.05, 4.69) is 4.98 Å². The van der Waals surface area contributed by atoms with Crippen LogP contribution >= 0.6 is 0 Å². The van der Waals surface area contributed by atoms with Gasteiger partial charge in [-0.05, 0) is 19.9 Å².